The van der Waals surface area contributed by atoms with Crippen molar-refractivity contribution < 1.29 is 41.8 Å². The lowest BCUT2D eigenvalue weighted by Gasteiger charge is -2.26. The van der Waals surface area contributed by atoms with Crippen LogP contribution in [-0.2, 0) is 14.3 Å². The van der Waals surface area contributed by atoms with Crippen molar-refractivity contribution in [2.75, 3.05) is 31.8 Å². The monoisotopic (exact) mass is 521 g/mol. The first-order valence-corrected chi connectivity index (χ1v) is 10.6. The van der Waals surface area contributed by atoms with Gasteiger partial charge >= 0.3 is 12.3 Å². The zero-order valence-corrected chi connectivity index (χ0v) is 19.3. The minimum Gasteiger partial charge on any atom is -0.501 e. The van der Waals surface area contributed by atoms with Crippen molar-refractivity contribution in [2.45, 2.75) is 32.9 Å². The first-order chi connectivity index (χ1) is 15.1. The third-order valence-electron chi connectivity index (χ3n) is 4.52. The van der Waals surface area contributed by atoms with Crippen LogP contribution in [0.25, 0.3) is 0 Å². The zero-order chi connectivity index (χ0) is 24.1. The molecule has 0 atom stereocenters. The van der Waals surface area contributed by atoms with Crippen LogP contribution in [0.3, 0.4) is 0 Å². The van der Waals surface area contributed by atoms with Gasteiger partial charge < -0.3 is 14.2 Å². The molecule has 1 aromatic rings. The Kier molecular flexibility index (Phi) is 8.71. The average molecular weight is 522 g/mol. The van der Waals surface area contributed by atoms with E-state index in [0.717, 1.165) is 18.3 Å². The summed E-state index contributed by atoms with van der Waals surface area (Å²) >= 11 is 3.12. The number of benzene rings is 1. The average Bonchev–Trinajstić information content (AvgIpc) is 3.58. The van der Waals surface area contributed by atoms with E-state index in [1.165, 1.54) is 12.1 Å². The molecule has 0 unspecified atom stereocenters. The molecule has 11 heteroatoms. The van der Waals surface area contributed by atoms with Crippen molar-refractivity contribution in [1.82, 2.24) is 0 Å². The van der Waals surface area contributed by atoms with E-state index in [1.54, 1.807) is 13.8 Å². The summed E-state index contributed by atoms with van der Waals surface area (Å²) in [7, 11) is 1.09. The molecule has 0 radical (unpaired) electrons. The fraction of sp³-hybridized carbons (Fsp3) is 0.476. The Hall–Kier alpha value is -2.56. The lowest BCUT2D eigenvalue weighted by molar-refractivity contribution is -0.153. The molecule has 0 bridgehead atoms. The molecule has 1 aliphatic rings. The Labute approximate surface area is 191 Å². The number of allylic oxidation sites excluding steroid dienone is 1. The minimum absolute atomic E-state index is 0.0487. The molecule has 1 aliphatic carbocycles. The topological polar surface area (TPSA) is 82.1 Å². The second-order valence-corrected chi connectivity index (χ2v) is 7.70. The van der Waals surface area contributed by atoms with Crippen LogP contribution >= 0.6 is 15.9 Å². The maximum Gasteiger partial charge on any atom is 0.422 e. The van der Waals surface area contributed by atoms with Crippen molar-refractivity contribution in [3.05, 3.63) is 34.0 Å². The van der Waals surface area contributed by atoms with E-state index in [1.807, 2.05) is 0 Å². The van der Waals surface area contributed by atoms with Crippen molar-refractivity contribution in [3.63, 3.8) is 0 Å². The van der Waals surface area contributed by atoms with Crippen LogP contribution in [0.4, 0.5) is 23.7 Å². The molecule has 7 nitrogen and oxygen atoms in total. The molecule has 32 heavy (non-hydrogen) atoms. The van der Waals surface area contributed by atoms with Gasteiger partial charge in [-0.15, -0.1) is 0 Å². The van der Waals surface area contributed by atoms with Crippen molar-refractivity contribution in [1.29, 1.82) is 0 Å². The molecule has 1 amide bonds. The summed E-state index contributed by atoms with van der Waals surface area (Å²) in [5.41, 5.74) is -0.688. The zero-order valence-electron chi connectivity index (χ0n) is 17.8. The van der Waals surface area contributed by atoms with Crippen LogP contribution in [-0.4, -0.2) is 50.7 Å². The maximum absolute atomic E-state index is 13.4. The normalized spacial score (nSPS) is 14.0. The number of amides is 1. The quantitative estimate of drug-likeness (QED) is 0.140. The number of alkyl halides is 3. The first kappa shape index (κ1) is 25.7. The number of hydrogen-bond donors (Lipinski definition) is 0. The van der Waals surface area contributed by atoms with Gasteiger partial charge in [0.15, 0.2) is 18.1 Å². The summed E-state index contributed by atoms with van der Waals surface area (Å²) in [5.74, 6) is -1.91. The van der Waals surface area contributed by atoms with Crippen LogP contribution in [0.5, 0.6) is 5.75 Å². The number of hydrogen-bond acceptors (Lipinski definition) is 6. The number of methoxy groups -OCH3 is 1. The molecule has 0 aliphatic heterocycles. The number of ether oxygens (including phenoxy) is 3. The van der Waals surface area contributed by atoms with Gasteiger partial charge in [-0.05, 0) is 54.8 Å². The molecule has 0 aromatic heterocycles. The molecule has 176 valence electrons. The van der Waals surface area contributed by atoms with E-state index in [-0.39, 0.29) is 46.1 Å². The van der Waals surface area contributed by atoms with Gasteiger partial charge in [0.05, 0.1) is 30.0 Å². The molecule has 2 rings (SSSR count). The standard InChI is InChI=1S/C21H23BrF3NO6/c1-4-26(20(29)30-3)16-13(8-9-15(22)19(16)32-11-21(23,24)25)18(28)14(10-31-5-2)17(27)12-6-7-12/h8-10,12H,4-7,11H2,1-3H3/b14-10-. The molecular formula is C21H23BrF3NO6. The van der Waals surface area contributed by atoms with Gasteiger partial charge in [-0.2, -0.15) is 13.2 Å². The summed E-state index contributed by atoms with van der Waals surface area (Å²) in [6, 6.07) is 2.61. The van der Waals surface area contributed by atoms with Gasteiger partial charge in [0.1, 0.15) is 11.3 Å². The molecule has 0 heterocycles. The molecule has 1 saturated carbocycles. The van der Waals surface area contributed by atoms with E-state index >= 15 is 0 Å². The van der Waals surface area contributed by atoms with Crippen molar-refractivity contribution in [3.8, 4) is 5.75 Å². The fourth-order valence-electron chi connectivity index (χ4n) is 2.88. The number of carbonyl (C=O) groups is 3. The summed E-state index contributed by atoms with van der Waals surface area (Å²) in [4.78, 5) is 39.4. The van der Waals surface area contributed by atoms with Gasteiger partial charge in [0, 0.05) is 12.5 Å². The lowest BCUT2D eigenvalue weighted by atomic mass is 9.96. The van der Waals surface area contributed by atoms with Gasteiger partial charge in [0.25, 0.3) is 0 Å². The highest BCUT2D eigenvalue weighted by Gasteiger charge is 2.38. The van der Waals surface area contributed by atoms with Crippen LogP contribution in [0.15, 0.2) is 28.4 Å². The Morgan fingerprint density at radius 1 is 1.22 bits per heavy atom. The van der Waals surface area contributed by atoms with E-state index in [2.05, 4.69) is 15.9 Å². The summed E-state index contributed by atoms with van der Waals surface area (Å²) in [6.07, 6.45) is -3.27. The number of Topliss-reactive ketones (excluding diaryl/α,β-unsaturated/α-hetero) is 2. The largest absolute Gasteiger partial charge is 0.501 e. The Morgan fingerprint density at radius 3 is 2.38 bits per heavy atom. The number of carbonyl (C=O) groups excluding carboxylic acids is 3. The summed E-state index contributed by atoms with van der Waals surface area (Å²) in [6.45, 7) is 1.71. The number of nitrogens with zero attached hydrogens (tertiary/aromatic N) is 1. The first-order valence-electron chi connectivity index (χ1n) is 9.83. The molecule has 0 saturated heterocycles. The molecule has 0 spiro atoms. The SMILES string of the molecule is CCO/C=C(\C(=O)c1ccc(Br)c(OCC(F)(F)F)c1N(CC)C(=O)OC)C(=O)C1CC1. The van der Waals surface area contributed by atoms with E-state index in [0.29, 0.717) is 12.8 Å². The van der Waals surface area contributed by atoms with Crippen molar-refractivity contribution >= 4 is 39.3 Å². The molecule has 1 aromatic carbocycles. The maximum atomic E-state index is 13.4. The third kappa shape index (κ3) is 6.24. The summed E-state index contributed by atoms with van der Waals surface area (Å²) in [5, 5.41) is 0. The van der Waals surface area contributed by atoms with Crippen LogP contribution in [0, 0.1) is 5.92 Å². The van der Waals surface area contributed by atoms with Gasteiger partial charge in [0.2, 0.25) is 5.78 Å². The highest BCUT2D eigenvalue weighted by molar-refractivity contribution is 9.10. The third-order valence-corrected chi connectivity index (χ3v) is 5.14. The van der Waals surface area contributed by atoms with Gasteiger partial charge in [-0.25, -0.2) is 4.79 Å². The van der Waals surface area contributed by atoms with E-state index < -0.39 is 30.4 Å². The van der Waals surface area contributed by atoms with E-state index in [4.69, 9.17) is 14.2 Å². The van der Waals surface area contributed by atoms with Crippen molar-refractivity contribution in [2.24, 2.45) is 5.92 Å². The second kappa shape index (κ2) is 10.8. The number of rotatable bonds is 10. The molecule has 1 fully saturated rings. The smallest absolute Gasteiger partial charge is 0.422 e. The van der Waals surface area contributed by atoms with Gasteiger partial charge in [-0.1, -0.05) is 0 Å². The number of halogens is 4. The van der Waals surface area contributed by atoms with Crippen LogP contribution < -0.4 is 9.64 Å². The van der Waals surface area contributed by atoms with Crippen LogP contribution in [0.1, 0.15) is 37.0 Å². The Balaban J connectivity index is 2.67. The Bertz CT molecular complexity index is 912. The minimum atomic E-state index is -4.67. The second-order valence-electron chi connectivity index (χ2n) is 6.85. The predicted molar refractivity (Wildman–Crippen MR) is 113 cm³/mol. The molecular weight excluding hydrogens is 499 g/mol. The predicted octanol–water partition coefficient (Wildman–Crippen LogP) is 5.07. The summed E-state index contributed by atoms with van der Waals surface area (Å²) < 4.78 is 53.5. The van der Waals surface area contributed by atoms with Gasteiger partial charge in [-0.3, -0.25) is 14.5 Å². The van der Waals surface area contributed by atoms with Crippen LogP contribution in [0.2, 0.25) is 0 Å². The number of ketones is 2. The lowest BCUT2D eigenvalue weighted by Crippen LogP contribution is -2.33. The number of anilines is 1. The highest BCUT2D eigenvalue weighted by atomic mass is 79.9. The molecule has 0 N–H and O–H groups in total. The fourth-order valence-corrected chi connectivity index (χ4v) is 3.31. The Morgan fingerprint density at radius 2 is 1.88 bits per heavy atom. The van der Waals surface area contributed by atoms with E-state index in [9.17, 15) is 27.6 Å². The highest BCUT2D eigenvalue weighted by Crippen LogP contribution is 2.42.